The van der Waals surface area contributed by atoms with Gasteiger partial charge in [-0.3, -0.25) is 9.89 Å². The first-order chi connectivity index (χ1) is 9.49. The van der Waals surface area contributed by atoms with Crippen LogP contribution in [0.4, 0.5) is 0 Å². The first-order valence-electron chi connectivity index (χ1n) is 6.43. The average Bonchev–Trinajstić information content (AvgIpc) is 2.85. The van der Waals surface area contributed by atoms with Gasteiger partial charge in [-0.1, -0.05) is 18.2 Å². The molecule has 106 valence electrons. The summed E-state index contributed by atoms with van der Waals surface area (Å²) in [5.74, 6) is -0.202. The number of H-pyrrole nitrogens is 1. The van der Waals surface area contributed by atoms with Crippen LogP contribution in [0.3, 0.4) is 0 Å². The van der Waals surface area contributed by atoms with Crippen molar-refractivity contribution in [3.8, 4) is 0 Å². The van der Waals surface area contributed by atoms with Gasteiger partial charge in [-0.2, -0.15) is 5.10 Å². The highest BCUT2D eigenvalue weighted by Gasteiger charge is 2.33. The van der Waals surface area contributed by atoms with Gasteiger partial charge < -0.3 is 4.90 Å². The fourth-order valence-corrected chi connectivity index (χ4v) is 3.70. The van der Waals surface area contributed by atoms with E-state index in [2.05, 4.69) is 10.2 Å². The normalized spacial score (nSPS) is 22.1. The second-order valence-corrected chi connectivity index (χ2v) is 7.59. The van der Waals surface area contributed by atoms with Crippen molar-refractivity contribution < 1.29 is 13.2 Å². The average molecular weight is 293 g/mol. The molecule has 0 unspecified atom stereocenters. The van der Waals surface area contributed by atoms with Crippen molar-refractivity contribution in [3.63, 3.8) is 0 Å². The van der Waals surface area contributed by atoms with Gasteiger partial charge in [0, 0.05) is 18.5 Å². The summed E-state index contributed by atoms with van der Waals surface area (Å²) in [6.45, 7) is 2.09. The molecule has 0 bridgehead atoms. The van der Waals surface area contributed by atoms with Gasteiger partial charge in [-0.15, -0.1) is 0 Å². The van der Waals surface area contributed by atoms with Crippen molar-refractivity contribution >= 4 is 26.6 Å². The number of fused-ring (bicyclic) bond motifs is 1. The molecule has 0 spiro atoms. The minimum Gasteiger partial charge on any atom is -0.335 e. The number of benzene rings is 1. The number of rotatable bonds is 1. The molecule has 1 fully saturated rings. The standard InChI is InChI=1S/C13H15N3O3S/c1-9-8-16(6-7-20(9,18)19)13(17)12-10-4-2-3-5-11(10)14-15-12/h2-5,9H,6-8H2,1H3,(H,14,15)/t9-/m0/s1. The molecular formula is C13H15N3O3S. The third-order valence-electron chi connectivity index (χ3n) is 3.70. The first-order valence-corrected chi connectivity index (χ1v) is 8.14. The maximum Gasteiger partial charge on any atom is 0.275 e. The van der Waals surface area contributed by atoms with Crippen molar-refractivity contribution in [2.75, 3.05) is 18.8 Å². The van der Waals surface area contributed by atoms with Crippen molar-refractivity contribution in [1.29, 1.82) is 0 Å². The van der Waals surface area contributed by atoms with Crippen LogP contribution in [0, 0.1) is 0 Å². The number of hydrogen-bond acceptors (Lipinski definition) is 4. The highest BCUT2D eigenvalue weighted by Crippen LogP contribution is 2.19. The second-order valence-electron chi connectivity index (χ2n) is 5.05. The lowest BCUT2D eigenvalue weighted by Crippen LogP contribution is -2.48. The number of amides is 1. The molecule has 2 aromatic rings. The molecule has 1 saturated heterocycles. The number of nitrogens with zero attached hydrogens (tertiary/aromatic N) is 2. The molecule has 1 aromatic heterocycles. The number of carbonyl (C=O) groups excluding carboxylic acids is 1. The molecule has 3 rings (SSSR count). The predicted molar refractivity (Wildman–Crippen MR) is 75.2 cm³/mol. The van der Waals surface area contributed by atoms with E-state index in [1.807, 2.05) is 24.3 Å². The number of sulfone groups is 1. The SMILES string of the molecule is C[C@H]1CN(C(=O)c2n[nH]c3ccccc23)CCS1(=O)=O. The number of para-hydroxylation sites is 1. The Labute approximate surface area is 116 Å². The molecule has 0 aliphatic carbocycles. The Morgan fingerprint density at radius 3 is 2.90 bits per heavy atom. The fourth-order valence-electron chi connectivity index (χ4n) is 2.41. The van der Waals surface area contributed by atoms with E-state index in [1.54, 1.807) is 11.8 Å². The van der Waals surface area contributed by atoms with Crippen molar-refractivity contribution in [3.05, 3.63) is 30.0 Å². The minimum absolute atomic E-state index is 0.0161. The van der Waals surface area contributed by atoms with E-state index >= 15 is 0 Å². The summed E-state index contributed by atoms with van der Waals surface area (Å²) in [6.07, 6.45) is 0. The highest BCUT2D eigenvalue weighted by molar-refractivity contribution is 7.92. The molecule has 1 N–H and O–H groups in total. The van der Waals surface area contributed by atoms with E-state index in [9.17, 15) is 13.2 Å². The molecule has 2 heterocycles. The number of carbonyl (C=O) groups is 1. The van der Waals surface area contributed by atoms with E-state index in [1.165, 1.54) is 0 Å². The Kier molecular flexibility index (Phi) is 3.01. The summed E-state index contributed by atoms with van der Waals surface area (Å²) in [6, 6.07) is 7.39. The zero-order chi connectivity index (χ0) is 14.3. The van der Waals surface area contributed by atoms with E-state index in [-0.39, 0.29) is 24.7 Å². The molecule has 7 heteroatoms. The summed E-state index contributed by atoms with van der Waals surface area (Å²) in [4.78, 5) is 14.0. The predicted octanol–water partition coefficient (Wildman–Crippen LogP) is 0.822. The van der Waals surface area contributed by atoms with Crippen LogP contribution in [0.1, 0.15) is 17.4 Å². The fraction of sp³-hybridized carbons (Fsp3) is 0.385. The zero-order valence-corrected chi connectivity index (χ0v) is 11.9. The summed E-state index contributed by atoms with van der Waals surface area (Å²) in [5.41, 5.74) is 1.15. The minimum atomic E-state index is -3.06. The number of nitrogens with one attached hydrogen (secondary N) is 1. The lowest BCUT2D eigenvalue weighted by molar-refractivity contribution is 0.0756. The Bertz CT molecular complexity index is 766. The first kappa shape index (κ1) is 13.1. The third kappa shape index (κ3) is 2.07. The van der Waals surface area contributed by atoms with Crippen LogP contribution in [0.15, 0.2) is 24.3 Å². The lowest BCUT2D eigenvalue weighted by atomic mass is 10.2. The van der Waals surface area contributed by atoms with Gasteiger partial charge in [0.2, 0.25) is 0 Å². The van der Waals surface area contributed by atoms with Crippen LogP contribution < -0.4 is 0 Å². The quantitative estimate of drug-likeness (QED) is 0.844. The van der Waals surface area contributed by atoms with Crippen LogP contribution in [-0.2, 0) is 9.84 Å². The smallest absolute Gasteiger partial charge is 0.275 e. The molecule has 1 amide bonds. The maximum atomic E-state index is 12.5. The van der Waals surface area contributed by atoms with Crippen molar-refractivity contribution in [1.82, 2.24) is 15.1 Å². The van der Waals surface area contributed by atoms with Crippen LogP contribution in [0.2, 0.25) is 0 Å². The Morgan fingerprint density at radius 2 is 2.15 bits per heavy atom. The van der Waals surface area contributed by atoms with Gasteiger partial charge in [0.05, 0.1) is 16.5 Å². The topological polar surface area (TPSA) is 83.1 Å². The van der Waals surface area contributed by atoms with Gasteiger partial charge in [0.15, 0.2) is 15.5 Å². The molecule has 0 saturated carbocycles. The molecule has 0 radical (unpaired) electrons. The van der Waals surface area contributed by atoms with Gasteiger partial charge >= 0.3 is 0 Å². The van der Waals surface area contributed by atoms with Crippen LogP contribution in [0.5, 0.6) is 0 Å². The maximum absolute atomic E-state index is 12.5. The Balaban J connectivity index is 1.90. The third-order valence-corrected chi connectivity index (χ3v) is 5.82. The van der Waals surface area contributed by atoms with E-state index in [0.29, 0.717) is 5.69 Å². The number of aromatic amines is 1. The Morgan fingerprint density at radius 1 is 1.40 bits per heavy atom. The molecule has 1 aliphatic heterocycles. The van der Waals surface area contributed by atoms with Gasteiger partial charge in [0.1, 0.15) is 0 Å². The van der Waals surface area contributed by atoms with Crippen molar-refractivity contribution in [2.24, 2.45) is 0 Å². The largest absolute Gasteiger partial charge is 0.335 e. The van der Waals surface area contributed by atoms with Crippen molar-refractivity contribution in [2.45, 2.75) is 12.2 Å². The van der Waals surface area contributed by atoms with Gasteiger partial charge in [0.25, 0.3) is 5.91 Å². The zero-order valence-electron chi connectivity index (χ0n) is 11.0. The van der Waals surface area contributed by atoms with Crippen LogP contribution >= 0.6 is 0 Å². The highest BCUT2D eigenvalue weighted by atomic mass is 32.2. The van der Waals surface area contributed by atoms with Gasteiger partial charge in [-0.25, -0.2) is 8.42 Å². The molecule has 20 heavy (non-hydrogen) atoms. The summed E-state index contributed by atoms with van der Waals surface area (Å²) < 4.78 is 23.4. The molecule has 1 atom stereocenters. The van der Waals surface area contributed by atoms with E-state index in [4.69, 9.17) is 0 Å². The summed E-state index contributed by atoms with van der Waals surface area (Å²) >= 11 is 0. The van der Waals surface area contributed by atoms with Gasteiger partial charge in [-0.05, 0) is 13.0 Å². The number of aromatic nitrogens is 2. The summed E-state index contributed by atoms with van der Waals surface area (Å²) in [5, 5.41) is 7.13. The van der Waals surface area contributed by atoms with E-state index < -0.39 is 15.1 Å². The van der Waals surface area contributed by atoms with E-state index in [0.717, 1.165) is 10.9 Å². The molecule has 6 nitrogen and oxygen atoms in total. The Hall–Kier alpha value is -1.89. The molecule has 1 aliphatic rings. The molecule has 1 aromatic carbocycles. The molecular weight excluding hydrogens is 278 g/mol. The number of hydrogen-bond donors (Lipinski definition) is 1. The lowest BCUT2D eigenvalue weighted by Gasteiger charge is -2.30. The van der Waals surface area contributed by atoms with Crippen LogP contribution in [-0.4, -0.2) is 53.5 Å². The second kappa shape index (κ2) is 4.59. The van der Waals surface area contributed by atoms with Crippen LogP contribution in [0.25, 0.3) is 10.9 Å². The summed E-state index contributed by atoms with van der Waals surface area (Å²) in [7, 11) is -3.06. The monoisotopic (exact) mass is 293 g/mol.